The molecule has 2 aromatic heterocycles. The molecule has 32 heavy (non-hydrogen) atoms. The summed E-state index contributed by atoms with van der Waals surface area (Å²) in [4.78, 5) is 27.0. The van der Waals surface area contributed by atoms with Crippen LogP contribution in [0.1, 0.15) is 20.8 Å². The molecule has 10 heteroatoms. The first kappa shape index (κ1) is 22.6. The lowest BCUT2D eigenvalue weighted by atomic mass is 10.2. The van der Waals surface area contributed by atoms with Crippen molar-refractivity contribution in [3.63, 3.8) is 0 Å². The zero-order valence-electron chi connectivity index (χ0n) is 18.8. The molecule has 168 valence electrons. The lowest BCUT2D eigenvalue weighted by molar-refractivity contribution is 0.0636. The summed E-state index contributed by atoms with van der Waals surface area (Å²) in [5.74, 6) is 1.63. The summed E-state index contributed by atoms with van der Waals surface area (Å²) >= 11 is 0. The van der Waals surface area contributed by atoms with Crippen LogP contribution in [-0.4, -0.2) is 40.7 Å². The molecule has 0 spiro atoms. The highest BCUT2D eigenvalue weighted by atomic mass is 16.6. The van der Waals surface area contributed by atoms with Gasteiger partial charge in [0, 0.05) is 25.5 Å². The van der Waals surface area contributed by atoms with Crippen molar-refractivity contribution in [2.45, 2.75) is 26.4 Å². The Labute approximate surface area is 187 Å². The number of amides is 1. The monoisotopic (exact) mass is 436 g/mol. The highest BCUT2D eigenvalue weighted by Crippen LogP contribution is 2.25. The number of rotatable bonds is 6. The third-order valence-corrected chi connectivity index (χ3v) is 4.05. The number of benzene rings is 1. The minimum absolute atomic E-state index is 0.365. The lowest BCUT2D eigenvalue weighted by Gasteiger charge is -2.19. The van der Waals surface area contributed by atoms with Crippen molar-refractivity contribution in [3.05, 3.63) is 48.8 Å². The predicted octanol–water partition coefficient (Wildman–Crippen LogP) is 4.35. The first-order chi connectivity index (χ1) is 15.1. The topological polar surface area (TPSA) is 130 Å². The molecule has 0 unspecified atom stereocenters. The Morgan fingerprint density at radius 1 is 1.00 bits per heavy atom. The van der Waals surface area contributed by atoms with E-state index >= 15 is 0 Å². The number of hydrogen-bond donors (Lipinski definition) is 4. The number of carbonyl (C=O) groups is 1. The van der Waals surface area contributed by atoms with Gasteiger partial charge in [-0.3, -0.25) is 5.32 Å². The van der Waals surface area contributed by atoms with Crippen LogP contribution in [0.25, 0.3) is 0 Å². The maximum atomic E-state index is 12.0. The van der Waals surface area contributed by atoms with Crippen LogP contribution in [0, 0.1) is 0 Å². The average molecular weight is 437 g/mol. The number of nitrogen functional groups attached to an aromatic ring is 1. The van der Waals surface area contributed by atoms with Gasteiger partial charge in [-0.15, -0.1) is 0 Å². The van der Waals surface area contributed by atoms with E-state index in [0.717, 1.165) is 11.5 Å². The van der Waals surface area contributed by atoms with Crippen LogP contribution in [-0.2, 0) is 4.74 Å². The largest absolute Gasteiger partial charge is 0.444 e. The molecule has 0 aliphatic heterocycles. The van der Waals surface area contributed by atoms with Crippen molar-refractivity contribution in [2.75, 3.05) is 40.7 Å². The minimum Gasteiger partial charge on any atom is -0.444 e. The van der Waals surface area contributed by atoms with E-state index in [-0.39, 0.29) is 0 Å². The van der Waals surface area contributed by atoms with Crippen molar-refractivity contribution in [1.82, 2.24) is 15.0 Å². The molecule has 1 amide bonds. The number of carbonyl (C=O) groups excluding carboxylic acids is 1. The summed E-state index contributed by atoms with van der Waals surface area (Å²) in [6.45, 7) is 5.42. The molecular weight excluding hydrogens is 408 g/mol. The smallest absolute Gasteiger partial charge is 0.412 e. The highest BCUT2D eigenvalue weighted by molar-refractivity contribution is 5.86. The molecule has 0 radical (unpaired) electrons. The third-order valence-electron chi connectivity index (χ3n) is 4.05. The van der Waals surface area contributed by atoms with Crippen LogP contribution >= 0.6 is 0 Å². The van der Waals surface area contributed by atoms with Crippen LogP contribution in [0.3, 0.4) is 0 Å². The number of anilines is 7. The number of nitrogens with one attached hydrogen (secondary N) is 3. The molecule has 0 saturated carbocycles. The fourth-order valence-electron chi connectivity index (χ4n) is 2.64. The molecule has 0 atom stereocenters. The molecule has 0 saturated heterocycles. The van der Waals surface area contributed by atoms with Gasteiger partial charge in [0.2, 0.25) is 5.95 Å². The fraction of sp³-hybridized carbons (Fsp3) is 0.273. The van der Waals surface area contributed by atoms with Crippen LogP contribution in [0.2, 0.25) is 0 Å². The zero-order valence-corrected chi connectivity index (χ0v) is 18.8. The zero-order chi connectivity index (χ0) is 23.3. The molecule has 3 rings (SSSR count). The highest BCUT2D eigenvalue weighted by Gasteiger charge is 2.16. The molecule has 2 heterocycles. The van der Waals surface area contributed by atoms with Crippen LogP contribution < -0.4 is 26.6 Å². The van der Waals surface area contributed by atoms with E-state index in [2.05, 4.69) is 30.9 Å². The Bertz CT molecular complexity index is 1080. The molecule has 10 nitrogen and oxygen atoms in total. The first-order valence-corrected chi connectivity index (χ1v) is 9.99. The van der Waals surface area contributed by atoms with Gasteiger partial charge in [-0.05, 0) is 51.1 Å². The molecule has 0 aliphatic carbocycles. The molecule has 0 bridgehead atoms. The van der Waals surface area contributed by atoms with E-state index in [1.165, 1.54) is 6.20 Å². The van der Waals surface area contributed by atoms with Crippen molar-refractivity contribution >= 4 is 46.4 Å². The van der Waals surface area contributed by atoms with E-state index in [1.54, 1.807) is 45.2 Å². The van der Waals surface area contributed by atoms with E-state index in [4.69, 9.17) is 10.5 Å². The average Bonchev–Trinajstić information content (AvgIpc) is 2.70. The van der Waals surface area contributed by atoms with Crippen molar-refractivity contribution < 1.29 is 9.53 Å². The van der Waals surface area contributed by atoms with E-state index in [9.17, 15) is 4.79 Å². The first-order valence-electron chi connectivity index (χ1n) is 9.99. The molecule has 3 aromatic rings. The Morgan fingerprint density at radius 3 is 2.41 bits per heavy atom. The van der Waals surface area contributed by atoms with Gasteiger partial charge in [0.25, 0.3) is 0 Å². The van der Waals surface area contributed by atoms with E-state index in [0.29, 0.717) is 28.8 Å². The van der Waals surface area contributed by atoms with Gasteiger partial charge in [-0.25, -0.2) is 14.8 Å². The lowest BCUT2D eigenvalue weighted by Crippen LogP contribution is -2.27. The van der Waals surface area contributed by atoms with Crippen LogP contribution in [0.15, 0.2) is 48.8 Å². The van der Waals surface area contributed by atoms with Crippen LogP contribution in [0.4, 0.5) is 45.1 Å². The summed E-state index contributed by atoms with van der Waals surface area (Å²) in [6.07, 6.45) is 2.69. The number of aromatic nitrogens is 3. The van der Waals surface area contributed by atoms with Gasteiger partial charge >= 0.3 is 6.09 Å². The standard InChI is InChI=1S/C22H28N8O2/c1-22(2,3)32-21(31)28-15-8-6-7-14(11-15)26-19-17(23)13-25-20(29-19)27-16-9-10-18(24-12-16)30(4)5/h6-13H,23H2,1-5H3,(H,28,31)(H2,25,26,27,29). The number of nitrogens with two attached hydrogens (primary N) is 1. The van der Waals surface area contributed by atoms with Crippen molar-refractivity contribution in [1.29, 1.82) is 0 Å². The van der Waals surface area contributed by atoms with Gasteiger partial charge in [-0.1, -0.05) is 6.07 Å². The SMILES string of the molecule is CN(C)c1ccc(Nc2ncc(N)c(Nc3cccc(NC(=O)OC(C)(C)C)c3)n2)cn1. The third kappa shape index (κ3) is 6.46. The molecular formula is C22H28N8O2. The van der Waals surface area contributed by atoms with E-state index in [1.807, 2.05) is 37.2 Å². The number of ether oxygens (including phenoxy) is 1. The van der Waals surface area contributed by atoms with Gasteiger partial charge in [0.15, 0.2) is 5.82 Å². The van der Waals surface area contributed by atoms with Gasteiger partial charge < -0.3 is 26.0 Å². The Morgan fingerprint density at radius 2 is 1.75 bits per heavy atom. The second-order valence-corrected chi connectivity index (χ2v) is 8.25. The Balaban J connectivity index is 1.71. The summed E-state index contributed by atoms with van der Waals surface area (Å²) in [5, 5.41) is 8.97. The minimum atomic E-state index is -0.582. The van der Waals surface area contributed by atoms with Crippen molar-refractivity contribution in [3.8, 4) is 0 Å². The molecule has 0 fully saturated rings. The summed E-state index contributed by atoms with van der Waals surface area (Å²) in [5.41, 5.74) is 7.85. The molecule has 0 aliphatic rings. The maximum Gasteiger partial charge on any atom is 0.412 e. The number of nitrogens with zero attached hydrogens (tertiary/aromatic N) is 4. The number of hydrogen-bond acceptors (Lipinski definition) is 9. The quantitative estimate of drug-likeness (QED) is 0.445. The molecule has 5 N–H and O–H groups in total. The van der Waals surface area contributed by atoms with Crippen molar-refractivity contribution in [2.24, 2.45) is 0 Å². The Kier molecular flexibility index (Phi) is 6.62. The van der Waals surface area contributed by atoms with Crippen LogP contribution in [0.5, 0.6) is 0 Å². The van der Waals surface area contributed by atoms with Gasteiger partial charge in [0.1, 0.15) is 11.4 Å². The second kappa shape index (κ2) is 9.38. The summed E-state index contributed by atoms with van der Waals surface area (Å²) in [6, 6.07) is 10.9. The van der Waals surface area contributed by atoms with E-state index < -0.39 is 11.7 Å². The summed E-state index contributed by atoms with van der Waals surface area (Å²) in [7, 11) is 3.85. The Hall–Kier alpha value is -4.08. The summed E-state index contributed by atoms with van der Waals surface area (Å²) < 4.78 is 5.28. The van der Waals surface area contributed by atoms with Gasteiger partial charge in [0.05, 0.1) is 23.8 Å². The normalized spacial score (nSPS) is 10.9. The predicted molar refractivity (Wildman–Crippen MR) is 128 cm³/mol. The number of pyridine rings is 1. The fourth-order valence-corrected chi connectivity index (χ4v) is 2.64. The maximum absolute atomic E-state index is 12.0. The second-order valence-electron chi connectivity index (χ2n) is 8.25. The molecule has 1 aromatic carbocycles. The van der Waals surface area contributed by atoms with Gasteiger partial charge in [-0.2, -0.15) is 4.98 Å².